The van der Waals surface area contributed by atoms with Gasteiger partial charge in [0.1, 0.15) is 11.5 Å². The fraction of sp³-hybridized carbons (Fsp3) is 0.0714. The number of hydrogen-bond acceptors (Lipinski definition) is 4. The summed E-state index contributed by atoms with van der Waals surface area (Å²) in [5, 5.41) is 0. The fourth-order valence-corrected chi connectivity index (χ4v) is 3.37. The van der Waals surface area contributed by atoms with Crippen LogP contribution in [-0.2, 0) is 9.59 Å². The topological polar surface area (TPSA) is 52.6 Å². The van der Waals surface area contributed by atoms with Crippen molar-refractivity contribution < 1.29 is 19.1 Å². The molecule has 0 atom stereocenters. The molecule has 0 aliphatic carbocycles. The molecule has 0 N–H and O–H groups in total. The van der Waals surface area contributed by atoms with Crippen LogP contribution in [0.4, 0.5) is 0 Å². The zero-order chi connectivity index (χ0) is 22.9. The van der Waals surface area contributed by atoms with Gasteiger partial charge in [0.25, 0.3) is 0 Å². The molecular weight excluding hydrogens is 400 g/mol. The van der Waals surface area contributed by atoms with E-state index in [-0.39, 0.29) is 0 Å². The summed E-state index contributed by atoms with van der Waals surface area (Å²) in [6.45, 7) is 8.96. The van der Waals surface area contributed by atoms with Crippen molar-refractivity contribution in [2.24, 2.45) is 0 Å². The van der Waals surface area contributed by atoms with Crippen LogP contribution in [0.3, 0.4) is 0 Å². The predicted octanol–water partition coefficient (Wildman–Crippen LogP) is 6.24. The highest BCUT2D eigenvalue weighted by Crippen LogP contribution is 2.35. The highest BCUT2D eigenvalue weighted by Gasteiger charge is 2.14. The van der Waals surface area contributed by atoms with Gasteiger partial charge in [-0.3, -0.25) is 0 Å². The van der Waals surface area contributed by atoms with E-state index in [1.807, 2.05) is 42.5 Å². The summed E-state index contributed by atoms with van der Waals surface area (Å²) in [4.78, 5) is 23.0. The van der Waals surface area contributed by atoms with Gasteiger partial charge in [-0.1, -0.05) is 74.7 Å². The Morgan fingerprint density at radius 1 is 0.688 bits per heavy atom. The molecule has 3 aromatic carbocycles. The maximum Gasteiger partial charge on any atom is 0.335 e. The lowest BCUT2D eigenvalue weighted by atomic mass is 9.88. The summed E-state index contributed by atoms with van der Waals surface area (Å²) in [6.07, 6.45) is 3.06. The highest BCUT2D eigenvalue weighted by atomic mass is 16.5. The lowest BCUT2D eigenvalue weighted by Crippen LogP contribution is -2.03. The second-order valence-corrected chi connectivity index (χ2v) is 6.87. The van der Waals surface area contributed by atoms with E-state index in [2.05, 4.69) is 32.2 Å². The lowest BCUT2D eigenvalue weighted by Gasteiger charge is -2.17. The van der Waals surface area contributed by atoms with Crippen molar-refractivity contribution >= 4 is 23.1 Å². The van der Waals surface area contributed by atoms with E-state index in [4.69, 9.17) is 9.47 Å². The first-order valence-electron chi connectivity index (χ1n) is 10.2. The molecule has 3 rings (SSSR count). The Morgan fingerprint density at radius 2 is 1.12 bits per heavy atom. The average molecular weight is 424 g/mol. The molecule has 160 valence electrons. The van der Waals surface area contributed by atoms with E-state index < -0.39 is 11.9 Å². The fourth-order valence-electron chi connectivity index (χ4n) is 3.37. The van der Waals surface area contributed by atoms with Crippen LogP contribution in [0.1, 0.15) is 30.0 Å². The maximum absolute atomic E-state index is 11.5. The van der Waals surface area contributed by atoms with Gasteiger partial charge in [0, 0.05) is 12.2 Å². The van der Waals surface area contributed by atoms with Gasteiger partial charge in [-0.05, 0) is 58.5 Å². The number of rotatable bonds is 8. The summed E-state index contributed by atoms with van der Waals surface area (Å²) in [5.41, 5.74) is 5.27. The van der Waals surface area contributed by atoms with Crippen LogP contribution >= 0.6 is 0 Å². The van der Waals surface area contributed by atoms with Crippen molar-refractivity contribution in [3.8, 4) is 11.5 Å². The molecule has 0 heterocycles. The molecule has 0 radical (unpaired) electrons. The molecule has 4 nitrogen and oxygen atoms in total. The Labute approximate surface area is 188 Å². The van der Waals surface area contributed by atoms with Crippen molar-refractivity contribution in [1.82, 2.24) is 0 Å². The van der Waals surface area contributed by atoms with Crippen molar-refractivity contribution in [2.75, 3.05) is 0 Å². The minimum absolute atomic E-state index is 0.447. The lowest BCUT2D eigenvalue weighted by molar-refractivity contribution is -0.129. The molecule has 32 heavy (non-hydrogen) atoms. The molecule has 0 aliphatic heterocycles. The Morgan fingerprint density at radius 3 is 1.50 bits per heavy atom. The highest BCUT2D eigenvalue weighted by molar-refractivity contribution is 5.98. The van der Waals surface area contributed by atoms with Crippen molar-refractivity contribution in [3.63, 3.8) is 0 Å². The van der Waals surface area contributed by atoms with Gasteiger partial charge in [-0.15, -0.1) is 0 Å². The van der Waals surface area contributed by atoms with Gasteiger partial charge in [0.2, 0.25) is 0 Å². The molecule has 0 aromatic heterocycles. The SMILES string of the molecule is C=CC(=O)Oc1ccc(C(=C(CC)c2ccccc2)c2ccc(OC(=O)C=C)cc2)cc1. The number of esters is 2. The summed E-state index contributed by atoms with van der Waals surface area (Å²) >= 11 is 0. The molecule has 3 aromatic rings. The molecule has 0 amide bonds. The monoisotopic (exact) mass is 424 g/mol. The van der Waals surface area contributed by atoms with Crippen LogP contribution in [0.2, 0.25) is 0 Å². The van der Waals surface area contributed by atoms with E-state index in [0.717, 1.165) is 46.4 Å². The number of hydrogen-bond donors (Lipinski definition) is 0. The van der Waals surface area contributed by atoms with E-state index in [0.29, 0.717) is 11.5 Å². The minimum atomic E-state index is -0.503. The molecule has 0 aliphatic rings. The van der Waals surface area contributed by atoms with E-state index in [1.165, 1.54) is 0 Å². The number of carbonyl (C=O) groups excluding carboxylic acids is 2. The Bertz CT molecular complexity index is 1070. The van der Waals surface area contributed by atoms with Crippen molar-refractivity contribution in [1.29, 1.82) is 0 Å². The third-order valence-electron chi connectivity index (χ3n) is 4.83. The quantitative estimate of drug-likeness (QED) is 0.186. The third-order valence-corrected chi connectivity index (χ3v) is 4.83. The molecule has 0 unspecified atom stereocenters. The zero-order valence-corrected chi connectivity index (χ0v) is 17.9. The zero-order valence-electron chi connectivity index (χ0n) is 17.9. The minimum Gasteiger partial charge on any atom is -0.423 e. The van der Waals surface area contributed by atoms with E-state index >= 15 is 0 Å². The smallest absolute Gasteiger partial charge is 0.335 e. The number of benzene rings is 3. The van der Waals surface area contributed by atoms with Gasteiger partial charge < -0.3 is 9.47 Å². The number of ether oxygens (including phenoxy) is 2. The standard InChI is InChI=1S/C28H24O4/c1-4-25(20-10-8-7-9-11-20)28(21-12-16-23(17-13-21)31-26(29)5-2)22-14-18-24(19-15-22)32-27(30)6-3/h5-19H,2-4H2,1H3. The first-order chi connectivity index (χ1) is 15.5. The Hall–Kier alpha value is -4.18. The van der Waals surface area contributed by atoms with Gasteiger partial charge >= 0.3 is 11.9 Å². The molecule has 0 spiro atoms. The average Bonchev–Trinajstić information content (AvgIpc) is 2.84. The van der Waals surface area contributed by atoms with Crippen LogP contribution in [0.15, 0.2) is 104 Å². The molecule has 0 fully saturated rings. The largest absolute Gasteiger partial charge is 0.423 e. The molecular formula is C28H24O4. The summed E-state index contributed by atoms with van der Waals surface area (Å²) in [5.74, 6) is -0.113. The van der Waals surface area contributed by atoms with Gasteiger partial charge in [0.15, 0.2) is 0 Å². The van der Waals surface area contributed by atoms with Crippen LogP contribution in [0.25, 0.3) is 11.1 Å². The second-order valence-electron chi connectivity index (χ2n) is 6.87. The number of allylic oxidation sites excluding steroid dienone is 1. The van der Waals surface area contributed by atoms with Crippen LogP contribution in [0, 0.1) is 0 Å². The first-order valence-corrected chi connectivity index (χ1v) is 10.2. The van der Waals surface area contributed by atoms with Crippen LogP contribution in [0.5, 0.6) is 11.5 Å². The molecule has 0 saturated heterocycles. The Balaban J connectivity index is 2.09. The van der Waals surface area contributed by atoms with E-state index in [9.17, 15) is 9.59 Å². The first kappa shape index (κ1) is 22.5. The summed E-state index contributed by atoms with van der Waals surface area (Å²) < 4.78 is 10.4. The summed E-state index contributed by atoms with van der Waals surface area (Å²) in [6, 6.07) is 24.9. The van der Waals surface area contributed by atoms with Gasteiger partial charge in [0.05, 0.1) is 0 Å². The van der Waals surface area contributed by atoms with Gasteiger partial charge in [-0.25, -0.2) is 9.59 Å². The summed E-state index contributed by atoms with van der Waals surface area (Å²) in [7, 11) is 0. The van der Waals surface area contributed by atoms with E-state index in [1.54, 1.807) is 24.3 Å². The van der Waals surface area contributed by atoms with Crippen LogP contribution < -0.4 is 9.47 Å². The predicted molar refractivity (Wildman–Crippen MR) is 127 cm³/mol. The third kappa shape index (κ3) is 5.49. The van der Waals surface area contributed by atoms with Crippen LogP contribution in [-0.4, -0.2) is 11.9 Å². The normalized spacial score (nSPS) is 10.0. The molecule has 0 bridgehead atoms. The second kappa shape index (κ2) is 10.7. The van der Waals surface area contributed by atoms with Gasteiger partial charge in [-0.2, -0.15) is 0 Å². The Kier molecular flexibility index (Phi) is 7.55. The molecule has 0 saturated carbocycles. The molecule has 4 heteroatoms. The van der Waals surface area contributed by atoms with Crippen molar-refractivity contribution in [2.45, 2.75) is 13.3 Å². The number of carbonyl (C=O) groups is 2. The van der Waals surface area contributed by atoms with Crippen molar-refractivity contribution in [3.05, 3.63) is 121 Å². The maximum atomic E-state index is 11.5.